The molecule has 0 radical (unpaired) electrons. The number of nitrogens with one attached hydrogen (secondary N) is 1. The maximum atomic E-state index is 13.0. The van der Waals surface area contributed by atoms with E-state index in [0.717, 1.165) is 16.8 Å². The van der Waals surface area contributed by atoms with Crippen molar-refractivity contribution in [3.8, 4) is 17.2 Å². The van der Waals surface area contributed by atoms with Crippen molar-refractivity contribution in [2.45, 2.75) is 0 Å². The van der Waals surface area contributed by atoms with Crippen LogP contribution in [0.1, 0.15) is 21.5 Å². The van der Waals surface area contributed by atoms with Gasteiger partial charge in [-0.15, -0.1) is 0 Å². The summed E-state index contributed by atoms with van der Waals surface area (Å²) in [6, 6.07) is 16.8. The fraction of sp³-hybridized carbons (Fsp3) is 0.115. The molecule has 0 aliphatic heterocycles. The lowest BCUT2D eigenvalue weighted by atomic mass is 10.1. The third-order valence-electron chi connectivity index (χ3n) is 4.71. The van der Waals surface area contributed by atoms with Crippen LogP contribution in [-0.2, 0) is 0 Å². The summed E-state index contributed by atoms with van der Waals surface area (Å²) in [5, 5.41) is 3.13. The van der Waals surface area contributed by atoms with Gasteiger partial charge in [-0.25, -0.2) is 4.39 Å². The zero-order valence-corrected chi connectivity index (χ0v) is 18.1. The van der Waals surface area contributed by atoms with E-state index in [4.69, 9.17) is 14.2 Å². The standard InChI is InChI=1S/C26H24FNO4/c1-30-24-16-18(17-25(31-2)26(24)32-3)8-9-19-6-4-5-7-22(19)28-15-14-23(29)20-10-12-21(27)13-11-20/h4-17,28H,1-3H3/b9-8-,15-14-. The summed E-state index contributed by atoms with van der Waals surface area (Å²) in [4.78, 5) is 12.2. The van der Waals surface area contributed by atoms with Gasteiger partial charge >= 0.3 is 0 Å². The van der Waals surface area contributed by atoms with Gasteiger partial charge < -0.3 is 19.5 Å². The van der Waals surface area contributed by atoms with Crippen molar-refractivity contribution < 1.29 is 23.4 Å². The highest BCUT2D eigenvalue weighted by molar-refractivity contribution is 6.04. The Hall–Kier alpha value is -4.06. The SMILES string of the molecule is COc1cc(/C=C\c2ccccc2N/C=C\C(=O)c2ccc(F)cc2)cc(OC)c1OC. The fourth-order valence-electron chi connectivity index (χ4n) is 3.07. The lowest BCUT2D eigenvalue weighted by Gasteiger charge is -2.13. The van der Waals surface area contributed by atoms with E-state index in [1.54, 1.807) is 27.5 Å². The van der Waals surface area contributed by atoms with Crippen molar-refractivity contribution >= 4 is 23.6 Å². The number of carbonyl (C=O) groups excluding carboxylic acids is 1. The molecule has 0 saturated carbocycles. The van der Waals surface area contributed by atoms with Crippen LogP contribution in [0.2, 0.25) is 0 Å². The Labute approximate surface area is 186 Å². The zero-order valence-electron chi connectivity index (χ0n) is 18.1. The van der Waals surface area contributed by atoms with Gasteiger partial charge in [-0.3, -0.25) is 4.79 Å². The molecular weight excluding hydrogens is 409 g/mol. The summed E-state index contributed by atoms with van der Waals surface area (Å²) in [7, 11) is 4.71. The number of halogens is 1. The largest absolute Gasteiger partial charge is 0.493 e. The van der Waals surface area contributed by atoms with E-state index >= 15 is 0 Å². The molecule has 0 aliphatic carbocycles. The molecule has 3 rings (SSSR count). The first kappa shape index (κ1) is 22.6. The highest BCUT2D eigenvalue weighted by Crippen LogP contribution is 2.38. The van der Waals surface area contributed by atoms with E-state index in [9.17, 15) is 9.18 Å². The van der Waals surface area contributed by atoms with Crippen molar-refractivity contribution in [1.29, 1.82) is 0 Å². The van der Waals surface area contributed by atoms with Gasteiger partial charge in [0.05, 0.1) is 21.3 Å². The minimum atomic E-state index is -0.378. The van der Waals surface area contributed by atoms with E-state index in [1.165, 1.54) is 30.3 Å². The van der Waals surface area contributed by atoms with Crippen LogP contribution in [0.3, 0.4) is 0 Å². The van der Waals surface area contributed by atoms with Crippen LogP contribution in [-0.4, -0.2) is 27.1 Å². The Balaban J connectivity index is 1.77. The topological polar surface area (TPSA) is 56.8 Å². The van der Waals surface area contributed by atoms with Gasteiger partial charge in [-0.05, 0) is 53.6 Å². The van der Waals surface area contributed by atoms with Crippen LogP contribution in [0.25, 0.3) is 12.2 Å². The number of para-hydroxylation sites is 1. The molecule has 0 heterocycles. The van der Waals surface area contributed by atoms with Crippen molar-refractivity contribution in [3.63, 3.8) is 0 Å². The Morgan fingerprint density at radius 2 is 1.53 bits per heavy atom. The van der Waals surface area contributed by atoms with E-state index in [-0.39, 0.29) is 11.6 Å². The van der Waals surface area contributed by atoms with Crippen LogP contribution in [0, 0.1) is 5.82 Å². The van der Waals surface area contributed by atoms with Gasteiger partial charge in [0.1, 0.15) is 5.82 Å². The minimum Gasteiger partial charge on any atom is -0.493 e. The molecule has 0 amide bonds. The third-order valence-corrected chi connectivity index (χ3v) is 4.71. The molecule has 0 spiro atoms. The summed E-state index contributed by atoms with van der Waals surface area (Å²) in [5.74, 6) is 1.07. The molecule has 3 aromatic carbocycles. The average molecular weight is 433 g/mol. The quantitative estimate of drug-likeness (QED) is 0.261. The molecule has 0 fully saturated rings. The minimum absolute atomic E-state index is 0.219. The number of ether oxygens (including phenoxy) is 3. The molecule has 5 nitrogen and oxygen atoms in total. The van der Waals surface area contributed by atoms with Crippen LogP contribution in [0.15, 0.2) is 72.9 Å². The van der Waals surface area contributed by atoms with Crippen LogP contribution < -0.4 is 19.5 Å². The lowest BCUT2D eigenvalue weighted by molar-refractivity contribution is 0.104. The molecule has 3 aromatic rings. The molecule has 1 N–H and O–H groups in total. The second kappa shape index (κ2) is 10.8. The first-order chi connectivity index (χ1) is 15.5. The van der Waals surface area contributed by atoms with Crippen LogP contribution in [0.4, 0.5) is 10.1 Å². The van der Waals surface area contributed by atoms with Gasteiger partial charge in [0.2, 0.25) is 5.75 Å². The van der Waals surface area contributed by atoms with Gasteiger partial charge in [0, 0.05) is 23.5 Å². The van der Waals surface area contributed by atoms with Crippen molar-refractivity contribution in [1.82, 2.24) is 0 Å². The van der Waals surface area contributed by atoms with E-state index in [2.05, 4.69) is 5.32 Å². The number of hydrogen-bond donors (Lipinski definition) is 1. The molecule has 32 heavy (non-hydrogen) atoms. The molecule has 0 bridgehead atoms. The molecule has 0 saturated heterocycles. The monoisotopic (exact) mass is 433 g/mol. The summed E-state index contributed by atoms with van der Waals surface area (Å²) in [5.41, 5.74) is 3.02. The highest BCUT2D eigenvalue weighted by atomic mass is 19.1. The number of carbonyl (C=O) groups is 1. The number of hydrogen-bond acceptors (Lipinski definition) is 5. The summed E-state index contributed by atoms with van der Waals surface area (Å²) < 4.78 is 29.2. The Kier molecular flexibility index (Phi) is 7.65. The first-order valence-electron chi connectivity index (χ1n) is 9.86. The lowest BCUT2D eigenvalue weighted by Crippen LogP contribution is -1.97. The smallest absolute Gasteiger partial charge is 0.203 e. The maximum Gasteiger partial charge on any atom is 0.203 e. The predicted molar refractivity (Wildman–Crippen MR) is 125 cm³/mol. The summed E-state index contributed by atoms with van der Waals surface area (Å²) in [6.07, 6.45) is 6.85. The third kappa shape index (κ3) is 5.55. The second-order valence-electron chi connectivity index (χ2n) is 6.73. The number of allylic oxidation sites excluding steroid dienone is 1. The van der Waals surface area contributed by atoms with Gasteiger partial charge in [-0.2, -0.15) is 0 Å². The number of anilines is 1. The van der Waals surface area contributed by atoms with E-state index in [1.807, 2.05) is 48.6 Å². The first-order valence-corrected chi connectivity index (χ1v) is 9.86. The van der Waals surface area contributed by atoms with Crippen molar-refractivity contribution in [2.24, 2.45) is 0 Å². The van der Waals surface area contributed by atoms with E-state index < -0.39 is 0 Å². The summed E-state index contributed by atoms with van der Waals surface area (Å²) >= 11 is 0. The van der Waals surface area contributed by atoms with E-state index in [0.29, 0.717) is 22.8 Å². The average Bonchev–Trinajstić information content (AvgIpc) is 2.82. The predicted octanol–water partition coefficient (Wildman–Crippen LogP) is 5.83. The Bertz CT molecular complexity index is 1110. The summed E-state index contributed by atoms with van der Waals surface area (Å²) in [6.45, 7) is 0. The molecule has 0 aliphatic rings. The fourth-order valence-corrected chi connectivity index (χ4v) is 3.07. The number of benzene rings is 3. The maximum absolute atomic E-state index is 13.0. The highest BCUT2D eigenvalue weighted by Gasteiger charge is 2.12. The van der Waals surface area contributed by atoms with Gasteiger partial charge in [0.15, 0.2) is 17.3 Å². The van der Waals surface area contributed by atoms with Gasteiger partial charge in [-0.1, -0.05) is 30.4 Å². The number of methoxy groups -OCH3 is 3. The normalized spacial score (nSPS) is 11.0. The molecule has 0 unspecified atom stereocenters. The van der Waals surface area contributed by atoms with Crippen molar-refractivity contribution in [3.05, 3.63) is 95.4 Å². The Morgan fingerprint density at radius 3 is 2.16 bits per heavy atom. The Morgan fingerprint density at radius 1 is 0.875 bits per heavy atom. The van der Waals surface area contributed by atoms with Crippen LogP contribution >= 0.6 is 0 Å². The molecule has 0 aromatic heterocycles. The van der Waals surface area contributed by atoms with Crippen molar-refractivity contribution in [2.75, 3.05) is 26.6 Å². The molecule has 6 heteroatoms. The number of rotatable bonds is 9. The number of ketones is 1. The molecular formula is C26H24FNO4. The zero-order chi connectivity index (χ0) is 22.9. The molecule has 0 atom stereocenters. The molecule has 164 valence electrons. The second-order valence-corrected chi connectivity index (χ2v) is 6.73. The van der Waals surface area contributed by atoms with Gasteiger partial charge in [0.25, 0.3) is 0 Å². The van der Waals surface area contributed by atoms with Crippen LogP contribution in [0.5, 0.6) is 17.2 Å².